The Morgan fingerprint density at radius 1 is 1.19 bits per heavy atom. The summed E-state index contributed by atoms with van der Waals surface area (Å²) >= 11 is 0. The van der Waals surface area contributed by atoms with Crippen molar-refractivity contribution in [3.8, 4) is 0 Å². The van der Waals surface area contributed by atoms with Crippen molar-refractivity contribution in [2.75, 3.05) is 31.6 Å². The molecule has 7 heteroatoms. The molecule has 7 nitrogen and oxygen atoms in total. The third-order valence-electron chi connectivity index (χ3n) is 3.11. The molecule has 0 bridgehead atoms. The summed E-state index contributed by atoms with van der Waals surface area (Å²) in [5.41, 5.74) is 4.34. The van der Waals surface area contributed by atoms with E-state index in [9.17, 15) is 9.59 Å². The molecule has 21 heavy (non-hydrogen) atoms. The van der Waals surface area contributed by atoms with Crippen molar-refractivity contribution in [3.63, 3.8) is 0 Å². The number of aryl methyl sites for hydroxylation is 1. The molecular formula is C14H19N3O4. The maximum absolute atomic E-state index is 11.8. The van der Waals surface area contributed by atoms with Gasteiger partial charge >= 0.3 is 12.0 Å². The van der Waals surface area contributed by atoms with Gasteiger partial charge in [0.15, 0.2) is 0 Å². The van der Waals surface area contributed by atoms with Crippen LogP contribution in [0.25, 0.3) is 0 Å². The SMILES string of the molecule is O=C(O)CCc1ccc(NC(=O)NN2CCOCC2)cc1. The number of hydrazine groups is 1. The van der Waals surface area contributed by atoms with Crippen LogP contribution < -0.4 is 10.7 Å². The summed E-state index contributed by atoms with van der Waals surface area (Å²) in [6.07, 6.45) is 0.583. The molecule has 114 valence electrons. The van der Waals surface area contributed by atoms with Gasteiger partial charge in [-0.05, 0) is 24.1 Å². The van der Waals surface area contributed by atoms with Crippen LogP contribution in [0.1, 0.15) is 12.0 Å². The molecule has 0 aliphatic carbocycles. The largest absolute Gasteiger partial charge is 0.481 e. The Morgan fingerprint density at radius 3 is 2.48 bits per heavy atom. The normalized spacial score (nSPS) is 15.4. The number of morpholine rings is 1. The third-order valence-corrected chi connectivity index (χ3v) is 3.11. The highest BCUT2D eigenvalue weighted by molar-refractivity contribution is 5.88. The zero-order valence-electron chi connectivity index (χ0n) is 11.7. The number of hydrogen-bond acceptors (Lipinski definition) is 4. The summed E-state index contributed by atoms with van der Waals surface area (Å²) in [5.74, 6) is -0.818. The number of ether oxygens (including phenoxy) is 1. The first-order valence-electron chi connectivity index (χ1n) is 6.84. The molecule has 1 aliphatic rings. The Bertz CT molecular complexity index is 483. The van der Waals surface area contributed by atoms with Crippen molar-refractivity contribution >= 4 is 17.7 Å². The molecule has 1 fully saturated rings. The van der Waals surface area contributed by atoms with E-state index in [4.69, 9.17) is 9.84 Å². The number of rotatable bonds is 5. The minimum absolute atomic E-state index is 0.101. The van der Waals surface area contributed by atoms with Gasteiger partial charge in [-0.3, -0.25) is 10.2 Å². The zero-order valence-corrected chi connectivity index (χ0v) is 11.7. The van der Waals surface area contributed by atoms with E-state index in [1.54, 1.807) is 17.1 Å². The van der Waals surface area contributed by atoms with Gasteiger partial charge in [-0.15, -0.1) is 0 Å². The number of nitrogens with one attached hydrogen (secondary N) is 2. The van der Waals surface area contributed by atoms with Crippen LogP contribution in [0.4, 0.5) is 10.5 Å². The van der Waals surface area contributed by atoms with Crippen molar-refractivity contribution in [2.45, 2.75) is 12.8 Å². The molecule has 0 spiro atoms. The van der Waals surface area contributed by atoms with Crippen molar-refractivity contribution < 1.29 is 19.4 Å². The van der Waals surface area contributed by atoms with Crippen molar-refractivity contribution in [2.24, 2.45) is 0 Å². The summed E-state index contributed by atoms with van der Waals surface area (Å²) in [4.78, 5) is 22.3. The molecule has 0 unspecified atom stereocenters. The number of carbonyl (C=O) groups excluding carboxylic acids is 1. The molecule has 1 aromatic rings. The van der Waals surface area contributed by atoms with E-state index in [0.29, 0.717) is 38.4 Å². The molecule has 2 rings (SSSR count). The Hall–Kier alpha value is -2.12. The second kappa shape index (κ2) is 7.61. The summed E-state index contributed by atoms with van der Waals surface area (Å²) in [6, 6.07) is 6.85. The van der Waals surface area contributed by atoms with Gasteiger partial charge in [0.2, 0.25) is 0 Å². The van der Waals surface area contributed by atoms with E-state index in [1.807, 2.05) is 12.1 Å². The maximum Gasteiger partial charge on any atom is 0.333 e. The predicted octanol–water partition coefficient (Wildman–Crippen LogP) is 1.07. The van der Waals surface area contributed by atoms with E-state index in [1.165, 1.54) is 0 Å². The summed E-state index contributed by atoms with van der Waals surface area (Å²) in [5, 5.41) is 13.2. The van der Waals surface area contributed by atoms with E-state index in [-0.39, 0.29) is 12.5 Å². The monoisotopic (exact) mass is 293 g/mol. The maximum atomic E-state index is 11.8. The number of carboxylic acid groups (broad SMARTS) is 1. The Labute approximate surface area is 122 Å². The molecule has 0 radical (unpaired) electrons. The molecule has 0 saturated carbocycles. The molecule has 1 aliphatic heterocycles. The summed E-state index contributed by atoms with van der Waals surface area (Å²) < 4.78 is 5.20. The molecular weight excluding hydrogens is 274 g/mol. The number of anilines is 1. The highest BCUT2D eigenvalue weighted by Crippen LogP contribution is 2.11. The van der Waals surface area contributed by atoms with E-state index in [2.05, 4.69) is 10.7 Å². The highest BCUT2D eigenvalue weighted by Gasteiger charge is 2.12. The van der Waals surface area contributed by atoms with E-state index < -0.39 is 5.97 Å². The number of aliphatic carboxylic acids is 1. The minimum Gasteiger partial charge on any atom is -0.481 e. The zero-order chi connectivity index (χ0) is 15.1. The number of carboxylic acids is 1. The predicted molar refractivity (Wildman–Crippen MR) is 76.9 cm³/mol. The van der Waals surface area contributed by atoms with Gasteiger partial charge in [0.25, 0.3) is 0 Å². The number of benzene rings is 1. The first-order valence-corrected chi connectivity index (χ1v) is 6.84. The van der Waals surface area contributed by atoms with Crippen LogP contribution in [0.15, 0.2) is 24.3 Å². The van der Waals surface area contributed by atoms with Gasteiger partial charge in [-0.2, -0.15) is 0 Å². The Kier molecular flexibility index (Phi) is 5.53. The van der Waals surface area contributed by atoms with Crippen LogP contribution in [0, 0.1) is 0 Å². The minimum atomic E-state index is -0.818. The van der Waals surface area contributed by atoms with Crippen LogP contribution in [0.2, 0.25) is 0 Å². The lowest BCUT2D eigenvalue weighted by Crippen LogP contribution is -2.49. The smallest absolute Gasteiger partial charge is 0.333 e. The summed E-state index contributed by atoms with van der Waals surface area (Å²) in [6.45, 7) is 2.56. The highest BCUT2D eigenvalue weighted by atomic mass is 16.5. The third kappa shape index (κ3) is 5.41. The lowest BCUT2D eigenvalue weighted by molar-refractivity contribution is -0.136. The molecule has 1 heterocycles. The second-order valence-corrected chi connectivity index (χ2v) is 4.76. The second-order valence-electron chi connectivity index (χ2n) is 4.76. The van der Waals surface area contributed by atoms with Crippen molar-refractivity contribution in [3.05, 3.63) is 29.8 Å². The fraction of sp³-hybridized carbons (Fsp3) is 0.429. The molecule has 1 aromatic carbocycles. The number of urea groups is 1. The van der Waals surface area contributed by atoms with Crippen LogP contribution >= 0.6 is 0 Å². The quantitative estimate of drug-likeness (QED) is 0.755. The van der Waals surface area contributed by atoms with Gasteiger partial charge in [0.05, 0.1) is 13.2 Å². The first kappa shape index (κ1) is 15.3. The Morgan fingerprint density at radius 2 is 1.86 bits per heavy atom. The molecule has 0 atom stereocenters. The number of nitrogens with zero attached hydrogens (tertiary/aromatic N) is 1. The molecule has 1 saturated heterocycles. The van der Waals surface area contributed by atoms with E-state index in [0.717, 1.165) is 5.56 Å². The van der Waals surface area contributed by atoms with Gasteiger partial charge in [0.1, 0.15) is 0 Å². The summed E-state index contributed by atoms with van der Waals surface area (Å²) in [7, 11) is 0. The van der Waals surface area contributed by atoms with E-state index >= 15 is 0 Å². The lowest BCUT2D eigenvalue weighted by atomic mass is 10.1. The molecule has 3 N–H and O–H groups in total. The molecule has 0 aromatic heterocycles. The Balaban J connectivity index is 1.79. The number of hydrogen-bond donors (Lipinski definition) is 3. The fourth-order valence-electron chi connectivity index (χ4n) is 1.98. The topological polar surface area (TPSA) is 90.9 Å². The average molecular weight is 293 g/mol. The number of amides is 2. The van der Waals surface area contributed by atoms with Gasteiger partial charge in [0, 0.05) is 25.2 Å². The lowest BCUT2D eigenvalue weighted by Gasteiger charge is -2.26. The fourth-order valence-corrected chi connectivity index (χ4v) is 1.98. The first-order chi connectivity index (χ1) is 10.1. The van der Waals surface area contributed by atoms with Gasteiger partial charge in [-0.1, -0.05) is 12.1 Å². The van der Waals surface area contributed by atoms with Gasteiger partial charge < -0.3 is 15.2 Å². The molecule has 2 amide bonds. The van der Waals surface area contributed by atoms with Crippen LogP contribution in [-0.2, 0) is 16.0 Å². The van der Waals surface area contributed by atoms with Crippen LogP contribution in [0.3, 0.4) is 0 Å². The van der Waals surface area contributed by atoms with Crippen LogP contribution in [0.5, 0.6) is 0 Å². The van der Waals surface area contributed by atoms with Crippen LogP contribution in [-0.4, -0.2) is 48.4 Å². The van der Waals surface area contributed by atoms with Gasteiger partial charge in [-0.25, -0.2) is 9.80 Å². The van der Waals surface area contributed by atoms with Crippen molar-refractivity contribution in [1.82, 2.24) is 10.4 Å². The van der Waals surface area contributed by atoms with Crippen molar-refractivity contribution in [1.29, 1.82) is 0 Å². The standard InChI is InChI=1S/C14H19N3O4/c18-13(19)6-3-11-1-4-12(5-2-11)15-14(20)16-17-7-9-21-10-8-17/h1-2,4-5H,3,6-10H2,(H,18,19)(H2,15,16,20). The average Bonchev–Trinajstić information content (AvgIpc) is 2.47. The number of carbonyl (C=O) groups is 2.